The summed E-state index contributed by atoms with van der Waals surface area (Å²) in [5.41, 5.74) is 0. The number of carbonyl (C=O) groups is 1. The summed E-state index contributed by atoms with van der Waals surface area (Å²) >= 11 is 0. The summed E-state index contributed by atoms with van der Waals surface area (Å²) in [6.45, 7) is 16.0. The predicted molar refractivity (Wildman–Crippen MR) is 154 cm³/mol. The number of ether oxygens (including phenoxy) is 1. The highest BCUT2D eigenvalue weighted by Crippen LogP contribution is 2.39. The van der Waals surface area contributed by atoms with E-state index in [-0.39, 0.29) is 28.2 Å². The van der Waals surface area contributed by atoms with Gasteiger partial charge in [-0.2, -0.15) is 0 Å². The summed E-state index contributed by atoms with van der Waals surface area (Å²) in [5.74, 6) is 0.0387. The van der Waals surface area contributed by atoms with Gasteiger partial charge in [-0.3, -0.25) is 4.79 Å². The van der Waals surface area contributed by atoms with E-state index in [9.17, 15) is 4.79 Å². The zero-order chi connectivity index (χ0) is 26.1. The summed E-state index contributed by atoms with van der Waals surface area (Å²) in [6.07, 6.45) is 0.871. The quantitative estimate of drug-likeness (QED) is 0.128. The zero-order valence-electron chi connectivity index (χ0n) is 22.2. The third kappa shape index (κ3) is 8.67. The number of hydrogen-bond donors (Lipinski definition) is 1. The van der Waals surface area contributed by atoms with Crippen molar-refractivity contribution in [1.82, 2.24) is 0 Å². The Labute approximate surface area is 221 Å². The molecule has 4 nitrogen and oxygen atoms in total. The number of hydrogen-bond acceptors (Lipinski definition) is 5. The molecule has 194 valence electrons. The number of carboxylic acid groups (broad SMARTS) is 1. The van der Waals surface area contributed by atoms with Gasteiger partial charge in [0.25, 0.3) is 8.32 Å². The van der Waals surface area contributed by atoms with Crippen LogP contribution in [0.15, 0.2) is 60.7 Å². The third-order valence-electron chi connectivity index (χ3n) is 6.39. The van der Waals surface area contributed by atoms with Gasteiger partial charge in [0.2, 0.25) is 0 Å². The van der Waals surface area contributed by atoms with Crippen molar-refractivity contribution < 1.29 is 19.1 Å². The number of aliphatic carboxylic acids is 1. The topological polar surface area (TPSA) is 55.8 Å². The first kappa shape index (κ1) is 30.0. The Balaban J connectivity index is 2.05. The molecule has 0 bridgehead atoms. The van der Waals surface area contributed by atoms with Crippen LogP contribution in [0.4, 0.5) is 0 Å². The fourth-order valence-electron chi connectivity index (χ4n) is 4.09. The first-order valence-corrected chi connectivity index (χ1v) is 16.5. The molecule has 2 aromatic rings. The summed E-state index contributed by atoms with van der Waals surface area (Å²) in [6, 6.07) is 21.4. The predicted octanol–water partition coefficient (Wildman–Crippen LogP) is 6.59. The van der Waals surface area contributed by atoms with Crippen LogP contribution >= 0.6 is 21.6 Å². The first-order chi connectivity index (χ1) is 16.4. The fraction of sp³-hybridized carbons (Fsp3) is 0.536. The van der Waals surface area contributed by atoms with E-state index in [0.29, 0.717) is 19.0 Å². The molecule has 2 rings (SSSR count). The Kier molecular flexibility index (Phi) is 11.4. The van der Waals surface area contributed by atoms with E-state index in [1.165, 1.54) is 10.4 Å². The lowest BCUT2D eigenvalue weighted by molar-refractivity contribution is -0.137. The van der Waals surface area contributed by atoms with Gasteiger partial charge < -0.3 is 14.3 Å². The SMILES string of the molecule is CC(CO[Si](c1ccccc1)(c1ccccc1)C(C)(C)C)C(C)OCSSC(C)(C)CCC(=O)O. The van der Waals surface area contributed by atoms with Gasteiger partial charge in [0.15, 0.2) is 0 Å². The normalized spacial score (nSPS) is 14.5. The molecule has 0 amide bonds. The molecule has 0 aliphatic carbocycles. The maximum atomic E-state index is 10.9. The van der Waals surface area contributed by atoms with Gasteiger partial charge in [-0.1, -0.05) is 110 Å². The van der Waals surface area contributed by atoms with Crippen LogP contribution in [0.2, 0.25) is 5.04 Å². The van der Waals surface area contributed by atoms with Crippen LogP contribution in [-0.4, -0.2) is 42.8 Å². The van der Waals surface area contributed by atoms with Crippen LogP contribution in [0.25, 0.3) is 0 Å². The Morgan fingerprint density at radius 3 is 1.91 bits per heavy atom. The lowest BCUT2D eigenvalue weighted by atomic mass is 10.1. The van der Waals surface area contributed by atoms with E-state index in [4.69, 9.17) is 14.3 Å². The highest BCUT2D eigenvalue weighted by Gasteiger charge is 2.50. The summed E-state index contributed by atoms with van der Waals surface area (Å²) in [5, 5.41) is 11.5. The third-order valence-corrected chi connectivity index (χ3v) is 14.4. The van der Waals surface area contributed by atoms with Crippen molar-refractivity contribution in [3.63, 3.8) is 0 Å². The highest BCUT2D eigenvalue weighted by molar-refractivity contribution is 8.77. The second-order valence-corrected chi connectivity index (χ2v) is 18.1. The van der Waals surface area contributed by atoms with Gasteiger partial charge in [0.05, 0.1) is 6.10 Å². The minimum atomic E-state index is -2.55. The molecule has 2 atom stereocenters. The van der Waals surface area contributed by atoms with Gasteiger partial charge in [0.1, 0.15) is 5.94 Å². The van der Waals surface area contributed by atoms with Crippen LogP contribution in [0, 0.1) is 5.92 Å². The smallest absolute Gasteiger partial charge is 0.303 e. The van der Waals surface area contributed by atoms with E-state index >= 15 is 0 Å². The van der Waals surface area contributed by atoms with E-state index in [0.717, 1.165) is 0 Å². The molecule has 0 saturated carbocycles. The van der Waals surface area contributed by atoms with E-state index < -0.39 is 14.3 Å². The van der Waals surface area contributed by atoms with E-state index in [1.807, 2.05) is 0 Å². The maximum absolute atomic E-state index is 10.9. The monoisotopic (exact) mass is 534 g/mol. The molecule has 2 aromatic carbocycles. The lowest BCUT2D eigenvalue weighted by Crippen LogP contribution is -2.67. The largest absolute Gasteiger partial charge is 0.481 e. The average Bonchev–Trinajstić information content (AvgIpc) is 2.81. The number of benzene rings is 2. The van der Waals surface area contributed by atoms with Crippen molar-refractivity contribution in [2.24, 2.45) is 5.92 Å². The van der Waals surface area contributed by atoms with Gasteiger partial charge in [-0.05, 0) is 42.6 Å². The van der Waals surface area contributed by atoms with Gasteiger partial charge in [-0.25, -0.2) is 0 Å². The molecule has 7 heteroatoms. The van der Waals surface area contributed by atoms with Crippen molar-refractivity contribution in [2.45, 2.75) is 77.2 Å². The van der Waals surface area contributed by atoms with Crippen LogP contribution in [0.5, 0.6) is 0 Å². The number of rotatable bonds is 14. The second kappa shape index (κ2) is 13.3. The average molecular weight is 535 g/mol. The molecule has 1 N–H and O–H groups in total. The minimum absolute atomic E-state index is 0.0449. The zero-order valence-corrected chi connectivity index (χ0v) is 24.9. The molecular formula is C28H42O4S2Si. The van der Waals surface area contributed by atoms with Crippen molar-refractivity contribution >= 4 is 46.2 Å². The van der Waals surface area contributed by atoms with Crippen LogP contribution in [-0.2, 0) is 14.0 Å². The van der Waals surface area contributed by atoms with Crippen LogP contribution < -0.4 is 10.4 Å². The van der Waals surface area contributed by atoms with E-state index in [2.05, 4.69) is 109 Å². The molecule has 0 saturated heterocycles. The van der Waals surface area contributed by atoms with Crippen molar-refractivity contribution in [3.05, 3.63) is 60.7 Å². The summed E-state index contributed by atoms with van der Waals surface area (Å²) in [7, 11) is 0.790. The van der Waals surface area contributed by atoms with Gasteiger partial charge in [-0.15, -0.1) is 0 Å². The van der Waals surface area contributed by atoms with Gasteiger partial charge >= 0.3 is 5.97 Å². The molecule has 2 unspecified atom stereocenters. The molecule has 0 fully saturated rings. The fourth-order valence-corrected chi connectivity index (χ4v) is 11.1. The Hall–Kier alpha value is -1.25. The molecule has 35 heavy (non-hydrogen) atoms. The minimum Gasteiger partial charge on any atom is -0.481 e. The molecule has 0 spiro atoms. The summed E-state index contributed by atoms with van der Waals surface area (Å²) in [4.78, 5) is 10.9. The lowest BCUT2D eigenvalue weighted by Gasteiger charge is -2.43. The van der Waals surface area contributed by atoms with Crippen LogP contribution in [0.1, 0.15) is 61.3 Å². The Morgan fingerprint density at radius 2 is 1.46 bits per heavy atom. The van der Waals surface area contributed by atoms with E-state index in [1.54, 1.807) is 21.6 Å². The maximum Gasteiger partial charge on any atom is 0.303 e. The van der Waals surface area contributed by atoms with Crippen molar-refractivity contribution in [1.29, 1.82) is 0 Å². The molecule has 0 aromatic heterocycles. The standard InChI is InChI=1S/C28H42O4S2Si/c1-22(23(2)31-21-33-34-28(6,7)19-18-26(29)30)20-32-35(27(3,4)5,24-14-10-8-11-15-24)25-16-12-9-13-17-25/h8-17,22-23H,18-21H2,1-7H3,(H,29,30). The number of carboxylic acids is 1. The van der Waals surface area contributed by atoms with Crippen molar-refractivity contribution in [2.75, 3.05) is 12.5 Å². The molecule has 0 heterocycles. The van der Waals surface area contributed by atoms with Gasteiger partial charge in [0, 0.05) is 23.7 Å². The second-order valence-electron chi connectivity index (χ2n) is 10.8. The molecule has 0 aliphatic heterocycles. The summed E-state index contributed by atoms with van der Waals surface area (Å²) < 4.78 is 13.1. The Bertz CT molecular complexity index is 861. The molecule has 0 aliphatic rings. The highest BCUT2D eigenvalue weighted by atomic mass is 33.1. The Morgan fingerprint density at radius 1 is 0.943 bits per heavy atom. The van der Waals surface area contributed by atoms with Crippen LogP contribution in [0.3, 0.4) is 0 Å². The van der Waals surface area contributed by atoms with Crippen molar-refractivity contribution in [3.8, 4) is 0 Å². The first-order valence-electron chi connectivity index (χ1n) is 12.3. The molecule has 0 radical (unpaired) electrons. The molecular weight excluding hydrogens is 493 g/mol.